The molecule has 5 heteroatoms. The van der Waals surface area contributed by atoms with Crippen molar-refractivity contribution in [1.82, 2.24) is 4.90 Å². The molecule has 1 N–H and O–H groups in total. The lowest BCUT2D eigenvalue weighted by atomic mass is 9.89. The van der Waals surface area contributed by atoms with Crippen LogP contribution in [0.4, 0.5) is 0 Å². The number of amides is 1. The van der Waals surface area contributed by atoms with Crippen LogP contribution in [-0.4, -0.2) is 35.0 Å². The predicted molar refractivity (Wildman–Crippen MR) is 84.4 cm³/mol. The van der Waals surface area contributed by atoms with Gasteiger partial charge in [0.1, 0.15) is 11.5 Å². The van der Waals surface area contributed by atoms with Crippen LogP contribution in [0.2, 0.25) is 0 Å². The lowest BCUT2D eigenvalue weighted by molar-refractivity contribution is -0.141. The lowest BCUT2D eigenvalue weighted by Gasteiger charge is -2.16. The second kappa shape index (κ2) is 5.91. The van der Waals surface area contributed by atoms with Crippen molar-refractivity contribution in [2.75, 3.05) is 13.1 Å². The van der Waals surface area contributed by atoms with Gasteiger partial charge in [0.2, 0.25) is 0 Å². The monoisotopic (exact) mass is 313 g/mol. The number of hydrogen-bond donors (Lipinski definition) is 1. The van der Waals surface area contributed by atoms with Gasteiger partial charge in [-0.05, 0) is 25.5 Å². The van der Waals surface area contributed by atoms with E-state index in [1.807, 2.05) is 30.3 Å². The molecule has 5 nitrogen and oxygen atoms in total. The van der Waals surface area contributed by atoms with E-state index in [0.29, 0.717) is 23.6 Å². The van der Waals surface area contributed by atoms with Gasteiger partial charge < -0.3 is 14.4 Å². The molecule has 1 fully saturated rings. The maximum atomic E-state index is 12.7. The molecule has 2 heterocycles. The van der Waals surface area contributed by atoms with Crippen LogP contribution in [0.25, 0.3) is 0 Å². The molecule has 0 bridgehead atoms. The van der Waals surface area contributed by atoms with Crippen molar-refractivity contribution in [2.45, 2.75) is 19.8 Å². The van der Waals surface area contributed by atoms with Crippen LogP contribution in [0, 0.1) is 19.8 Å². The number of aryl methyl sites for hydroxylation is 2. The SMILES string of the molecule is Cc1cc(C(=O)N2CC(C(=O)O)C(c3ccccc3)C2)c(C)o1. The van der Waals surface area contributed by atoms with E-state index in [2.05, 4.69) is 0 Å². The lowest BCUT2D eigenvalue weighted by Crippen LogP contribution is -2.30. The minimum absolute atomic E-state index is 0.163. The molecular weight excluding hydrogens is 294 g/mol. The minimum Gasteiger partial charge on any atom is -0.481 e. The normalized spacial score (nSPS) is 20.7. The van der Waals surface area contributed by atoms with Gasteiger partial charge in [0.15, 0.2) is 0 Å². The third-order valence-electron chi connectivity index (χ3n) is 4.42. The van der Waals surface area contributed by atoms with Gasteiger partial charge in [-0.3, -0.25) is 9.59 Å². The highest BCUT2D eigenvalue weighted by molar-refractivity contribution is 5.96. The third-order valence-corrected chi connectivity index (χ3v) is 4.42. The molecule has 1 aromatic heterocycles. The first-order valence-corrected chi connectivity index (χ1v) is 7.61. The van der Waals surface area contributed by atoms with E-state index in [1.54, 1.807) is 24.8 Å². The van der Waals surface area contributed by atoms with Crippen LogP contribution in [0.3, 0.4) is 0 Å². The van der Waals surface area contributed by atoms with Crippen molar-refractivity contribution >= 4 is 11.9 Å². The molecule has 1 saturated heterocycles. The summed E-state index contributed by atoms with van der Waals surface area (Å²) in [6, 6.07) is 11.2. The van der Waals surface area contributed by atoms with E-state index in [0.717, 1.165) is 5.56 Å². The summed E-state index contributed by atoms with van der Waals surface area (Å²) >= 11 is 0. The largest absolute Gasteiger partial charge is 0.481 e. The van der Waals surface area contributed by atoms with Crippen molar-refractivity contribution in [2.24, 2.45) is 5.92 Å². The Morgan fingerprint density at radius 2 is 1.87 bits per heavy atom. The van der Waals surface area contributed by atoms with Crippen molar-refractivity contribution in [1.29, 1.82) is 0 Å². The Morgan fingerprint density at radius 1 is 1.17 bits per heavy atom. The molecule has 2 atom stereocenters. The summed E-state index contributed by atoms with van der Waals surface area (Å²) in [5.41, 5.74) is 1.47. The molecule has 0 radical (unpaired) electrons. The highest BCUT2D eigenvalue weighted by Gasteiger charge is 2.41. The summed E-state index contributed by atoms with van der Waals surface area (Å²) in [6.07, 6.45) is 0. The number of carboxylic acids is 1. The van der Waals surface area contributed by atoms with E-state index < -0.39 is 11.9 Å². The first kappa shape index (κ1) is 15.3. The molecule has 1 amide bonds. The number of furan rings is 1. The van der Waals surface area contributed by atoms with Gasteiger partial charge in [-0.2, -0.15) is 0 Å². The Morgan fingerprint density at radius 3 is 2.43 bits per heavy atom. The topological polar surface area (TPSA) is 70.8 Å². The third kappa shape index (κ3) is 2.86. The number of hydrogen-bond acceptors (Lipinski definition) is 3. The van der Waals surface area contributed by atoms with Crippen molar-refractivity contribution in [3.63, 3.8) is 0 Å². The summed E-state index contributed by atoms with van der Waals surface area (Å²) in [7, 11) is 0. The quantitative estimate of drug-likeness (QED) is 0.946. The van der Waals surface area contributed by atoms with Gasteiger partial charge in [0.05, 0.1) is 11.5 Å². The predicted octanol–water partition coefficient (Wildman–Crippen LogP) is 2.84. The van der Waals surface area contributed by atoms with E-state index in [-0.39, 0.29) is 18.4 Å². The average Bonchev–Trinajstić information content (AvgIpc) is 3.11. The van der Waals surface area contributed by atoms with Crippen LogP contribution in [0.1, 0.15) is 33.4 Å². The zero-order chi connectivity index (χ0) is 16.6. The number of carbonyl (C=O) groups excluding carboxylic acids is 1. The van der Waals surface area contributed by atoms with Crippen LogP contribution >= 0.6 is 0 Å². The fourth-order valence-corrected chi connectivity index (χ4v) is 3.27. The first-order valence-electron chi connectivity index (χ1n) is 7.61. The number of aliphatic carboxylic acids is 1. The van der Waals surface area contributed by atoms with Gasteiger partial charge in [0, 0.05) is 19.0 Å². The number of likely N-dealkylation sites (tertiary alicyclic amines) is 1. The van der Waals surface area contributed by atoms with Crippen LogP contribution < -0.4 is 0 Å². The summed E-state index contributed by atoms with van der Waals surface area (Å²) in [4.78, 5) is 25.9. The molecule has 1 aliphatic rings. The maximum Gasteiger partial charge on any atom is 0.308 e. The molecular formula is C18H19NO4. The Labute approximate surface area is 134 Å². The Bertz CT molecular complexity index is 735. The molecule has 2 unspecified atom stereocenters. The Hall–Kier alpha value is -2.56. The molecule has 0 spiro atoms. The second-order valence-electron chi connectivity index (χ2n) is 6.00. The second-order valence-corrected chi connectivity index (χ2v) is 6.00. The minimum atomic E-state index is -0.866. The average molecular weight is 313 g/mol. The number of rotatable bonds is 3. The van der Waals surface area contributed by atoms with E-state index >= 15 is 0 Å². The number of carboxylic acid groups (broad SMARTS) is 1. The molecule has 23 heavy (non-hydrogen) atoms. The number of carbonyl (C=O) groups is 2. The smallest absolute Gasteiger partial charge is 0.308 e. The summed E-state index contributed by atoms with van der Waals surface area (Å²) in [5.74, 6) is -0.555. The Balaban J connectivity index is 1.87. The van der Waals surface area contributed by atoms with E-state index in [9.17, 15) is 14.7 Å². The van der Waals surface area contributed by atoms with E-state index in [4.69, 9.17) is 4.42 Å². The number of nitrogens with zero attached hydrogens (tertiary/aromatic N) is 1. The van der Waals surface area contributed by atoms with Crippen molar-refractivity contribution < 1.29 is 19.1 Å². The van der Waals surface area contributed by atoms with Crippen LogP contribution in [-0.2, 0) is 4.79 Å². The zero-order valence-electron chi connectivity index (χ0n) is 13.2. The molecule has 1 aromatic carbocycles. The molecule has 120 valence electrons. The van der Waals surface area contributed by atoms with Crippen LogP contribution in [0.5, 0.6) is 0 Å². The van der Waals surface area contributed by atoms with E-state index in [1.165, 1.54) is 0 Å². The fourth-order valence-electron chi connectivity index (χ4n) is 3.27. The van der Waals surface area contributed by atoms with Crippen molar-refractivity contribution in [3.05, 3.63) is 59.0 Å². The van der Waals surface area contributed by atoms with Gasteiger partial charge >= 0.3 is 5.97 Å². The zero-order valence-corrected chi connectivity index (χ0v) is 13.2. The molecule has 0 aliphatic carbocycles. The molecule has 1 aliphatic heterocycles. The summed E-state index contributed by atoms with van der Waals surface area (Å²) < 4.78 is 5.42. The van der Waals surface area contributed by atoms with Gasteiger partial charge in [-0.1, -0.05) is 30.3 Å². The van der Waals surface area contributed by atoms with Gasteiger partial charge in [-0.15, -0.1) is 0 Å². The van der Waals surface area contributed by atoms with Crippen molar-refractivity contribution in [3.8, 4) is 0 Å². The summed E-state index contributed by atoms with van der Waals surface area (Å²) in [5, 5.41) is 9.52. The van der Waals surface area contributed by atoms with Crippen LogP contribution in [0.15, 0.2) is 40.8 Å². The molecule has 3 rings (SSSR count). The summed E-state index contributed by atoms with van der Waals surface area (Å²) in [6.45, 7) is 4.17. The molecule has 2 aromatic rings. The van der Waals surface area contributed by atoms with Gasteiger partial charge in [-0.25, -0.2) is 0 Å². The molecule has 0 saturated carbocycles. The highest BCUT2D eigenvalue weighted by atomic mass is 16.4. The standard InChI is InChI=1S/C18H19NO4/c1-11-8-14(12(2)23-11)17(20)19-9-15(16(10-19)18(21)22)13-6-4-3-5-7-13/h3-8,15-16H,9-10H2,1-2H3,(H,21,22). The highest BCUT2D eigenvalue weighted by Crippen LogP contribution is 2.34. The fraction of sp³-hybridized carbons (Fsp3) is 0.333. The van der Waals surface area contributed by atoms with Gasteiger partial charge in [0.25, 0.3) is 5.91 Å². The Kier molecular flexibility index (Phi) is 3.94. The first-order chi connectivity index (χ1) is 11.0. The number of benzene rings is 1. The maximum absolute atomic E-state index is 12.7.